The van der Waals surface area contributed by atoms with Crippen LogP contribution in [0.25, 0.3) is 0 Å². The van der Waals surface area contributed by atoms with Crippen LogP contribution in [0.2, 0.25) is 0 Å². The van der Waals surface area contributed by atoms with Crippen LogP contribution < -0.4 is 16.0 Å². The topological polar surface area (TPSA) is 58.4 Å². The molecule has 2 aromatic carbocycles. The lowest BCUT2D eigenvalue weighted by Gasteiger charge is -2.13. The number of hydrogen-bond acceptors (Lipinski definition) is 3. The second-order valence-electron chi connectivity index (χ2n) is 5.19. The number of nitrogens with two attached hydrogens (primary N) is 1. The summed E-state index contributed by atoms with van der Waals surface area (Å²) in [5, 5.41) is 3.30. The molecule has 4 heteroatoms. The molecule has 0 saturated heterocycles. The highest BCUT2D eigenvalue weighted by Gasteiger charge is 2.23. The smallest absolute Gasteiger partial charge is 0.231 e. The normalized spacial score (nSPS) is 13.5. The Hall–Kier alpha value is -2.49. The number of nitrogens with one attached hydrogen (secondary N) is 1. The fourth-order valence-corrected chi connectivity index (χ4v) is 2.50. The summed E-state index contributed by atoms with van der Waals surface area (Å²) in [7, 11) is 1.80. The summed E-state index contributed by atoms with van der Waals surface area (Å²) in [6, 6.07) is 11.9. The van der Waals surface area contributed by atoms with Crippen LogP contribution in [0.1, 0.15) is 11.1 Å². The highest BCUT2D eigenvalue weighted by atomic mass is 16.2. The summed E-state index contributed by atoms with van der Waals surface area (Å²) in [5.74, 6) is 0.131. The second kappa shape index (κ2) is 4.56. The first kappa shape index (κ1) is 12.5. The predicted octanol–water partition coefficient (Wildman–Crippen LogP) is 2.84. The standard InChI is InChI=1S/C16H17N3O/c1-10-3-5-14(13(17)7-10)18-12-4-6-15-11(8-12)9-16(20)19(15)2/h3-8,18H,9,17H2,1-2H3. The summed E-state index contributed by atoms with van der Waals surface area (Å²) in [6.45, 7) is 2.01. The molecule has 0 bridgehead atoms. The summed E-state index contributed by atoms with van der Waals surface area (Å²) in [4.78, 5) is 13.4. The van der Waals surface area contributed by atoms with Gasteiger partial charge in [0.2, 0.25) is 5.91 Å². The Morgan fingerprint density at radius 3 is 2.75 bits per heavy atom. The zero-order valence-corrected chi connectivity index (χ0v) is 11.6. The predicted molar refractivity (Wildman–Crippen MR) is 82.4 cm³/mol. The monoisotopic (exact) mass is 267 g/mol. The molecule has 0 radical (unpaired) electrons. The first-order valence-electron chi connectivity index (χ1n) is 6.57. The van der Waals surface area contributed by atoms with E-state index < -0.39 is 0 Å². The van der Waals surface area contributed by atoms with E-state index in [1.54, 1.807) is 11.9 Å². The van der Waals surface area contributed by atoms with Crippen LogP contribution in [0.3, 0.4) is 0 Å². The van der Waals surface area contributed by atoms with E-state index in [-0.39, 0.29) is 5.91 Å². The van der Waals surface area contributed by atoms with Gasteiger partial charge < -0.3 is 16.0 Å². The van der Waals surface area contributed by atoms with E-state index in [9.17, 15) is 4.79 Å². The van der Waals surface area contributed by atoms with Crippen molar-refractivity contribution < 1.29 is 4.79 Å². The van der Waals surface area contributed by atoms with Gasteiger partial charge in [-0.3, -0.25) is 4.79 Å². The van der Waals surface area contributed by atoms with Gasteiger partial charge >= 0.3 is 0 Å². The van der Waals surface area contributed by atoms with Gasteiger partial charge in [-0.1, -0.05) is 6.07 Å². The molecular formula is C16H17N3O. The minimum absolute atomic E-state index is 0.131. The molecule has 4 nitrogen and oxygen atoms in total. The maximum absolute atomic E-state index is 11.7. The number of nitrogen functional groups attached to an aromatic ring is 1. The van der Waals surface area contributed by atoms with E-state index in [1.165, 1.54) is 0 Å². The molecule has 1 aliphatic heterocycles. The molecule has 1 heterocycles. The number of rotatable bonds is 2. The van der Waals surface area contributed by atoms with Crippen molar-refractivity contribution >= 4 is 28.7 Å². The Labute approximate surface area is 118 Å². The maximum atomic E-state index is 11.7. The average molecular weight is 267 g/mol. The van der Waals surface area contributed by atoms with Crippen molar-refractivity contribution in [2.75, 3.05) is 23.0 Å². The van der Waals surface area contributed by atoms with Crippen molar-refractivity contribution in [3.63, 3.8) is 0 Å². The van der Waals surface area contributed by atoms with Gasteiger partial charge in [-0.15, -0.1) is 0 Å². The van der Waals surface area contributed by atoms with Crippen LogP contribution in [0.5, 0.6) is 0 Å². The minimum Gasteiger partial charge on any atom is -0.397 e. The van der Waals surface area contributed by atoms with Gasteiger partial charge in [0.15, 0.2) is 0 Å². The van der Waals surface area contributed by atoms with Gasteiger partial charge in [0.1, 0.15) is 0 Å². The van der Waals surface area contributed by atoms with Crippen molar-refractivity contribution in [1.82, 2.24) is 0 Å². The van der Waals surface area contributed by atoms with E-state index in [2.05, 4.69) is 5.32 Å². The zero-order valence-electron chi connectivity index (χ0n) is 11.6. The third-order valence-corrected chi connectivity index (χ3v) is 3.64. The van der Waals surface area contributed by atoms with Crippen LogP contribution >= 0.6 is 0 Å². The molecule has 0 aliphatic carbocycles. The van der Waals surface area contributed by atoms with Crippen molar-refractivity contribution in [3.8, 4) is 0 Å². The number of nitrogens with zero attached hydrogens (tertiary/aromatic N) is 1. The number of likely N-dealkylation sites (N-methyl/N-ethyl adjacent to an activating group) is 1. The molecule has 0 aromatic heterocycles. The molecule has 0 fully saturated rings. The number of hydrogen-bond donors (Lipinski definition) is 2. The molecule has 1 amide bonds. The molecular weight excluding hydrogens is 250 g/mol. The Balaban J connectivity index is 1.90. The SMILES string of the molecule is Cc1ccc(Nc2ccc3c(c2)CC(=O)N3C)c(N)c1. The molecule has 0 atom stereocenters. The molecule has 2 aromatic rings. The second-order valence-corrected chi connectivity index (χ2v) is 5.19. The van der Waals surface area contributed by atoms with Crippen molar-refractivity contribution in [3.05, 3.63) is 47.5 Å². The fourth-order valence-electron chi connectivity index (χ4n) is 2.50. The Morgan fingerprint density at radius 1 is 1.20 bits per heavy atom. The van der Waals surface area contributed by atoms with Crippen molar-refractivity contribution in [2.45, 2.75) is 13.3 Å². The zero-order chi connectivity index (χ0) is 14.3. The van der Waals surface area contributed by atoms with E-state index in [4.69, 9.17) is 5.73 Å². The quantitative estimate of drug-likeness (QED) is 0.823. The van der Waals surface area contributed by atoms with Gasteiger partial charge in [0.05, 0.1) is 17.8 Å². The Bertz CT molecular complexity index is 694. The molecule has 102 valence electrons. The van der Waals surface area contributed by atoms with Gasteiger partial charge in [-0.05, 0) is 48.4 Å². The Kier molecular flexibility index (Phi) is 2.86. The fraction of sp³-hybridized carbons (Fsp3) is 0.188. The first-order chi connectivity index (χ1) is 9.54. The maximum Gasteiger partial charge on any atom is 0.231 e. The van der Waals surface area contributed by atoms with Crippen LogP contribution in [0.4, 0.5) is 22.7 Å². The summed E-state index contributed by atoms with van der Waals surface area (Å²) in [6.07, 6.45) is 0.463. The van der Waals surface area contributed by atoms with Gasteiger partial charge in [0, 0.05) is 18.4 Å². The molecule has 1 aliphatic rings. The van der Waals surface area contributed by atoms with E-state index in [1.807, 2.05) is 43.3 Å². The lowest BCUT2D eigenvalue weighted by Crippen LogP contribution is -2.20. The number of carbonyl (C=O) groups is 1. The largest absolute Gasteiger partial charge is 0.397 e. The van der Waals surface area contributed by atoms with Crippen LogP contribution in [0.15, 0.2) is 36.4 Å². The number of amides is 1. The lowest BCUT2D eigenvalue weighted by molar-refractivity contribution is -0.117. The van der Waals surface area contributed by atoms with Crippen LogP contribution in [-0.2, 0) is 11.2 Å². The van der Waals surface area contributed by atoms with E-state index in [0.717, 1.165) is 33.9 Å². The van der Waals surface area contributed by atoms with E-state index >= 15 is 0 Å². The third-order valence-electron chi connectivity index (χ3n) is 3.64. The highest BCUT2D eigenvalue weighted by Crippen LogP contribution is 2.32. The molecule has 3 rings (SSSR count). The minimum atomic E-state index is 0.131. The number of aryl methyl sites for hydroxylation is 1. The molecule has 0 spiro atoms. The third kappa shape index (κ3) is 2.09. The first-order valence-corrected chi connectivity index (χ1v) is 6.57. The molecule has 0 saturated carbocycles. The number of fused-ring (bicyclic) bond motifs is 1. The molecule has 20 heavy (non-hydrogen) atoms. The molecule has 0 unspecified atom stereocenters. The average Bonchev–Trinajstić information content (AvgIpc) is 2.68. The van der Waals surface area contributed by atoms with Crippen LogP contribution in [-0.4, -0.2) is 13.0 Å². The van der Waals surface area contributed by atoms with Gasteiger partial charge in [-0.2, -0.15) is 0 Å². The lowest BCUT2D eigenvalue weighted by atomic mass is 10.1. The summed E-state index contributed by atoms with van der Waals surface area (Å²) < 4.78 is 0. The van der Waals surface area contributed by atoms with Crippen LogP contribution in [0, 0.1) is 6.92 Å². The number of carbonyl (C=O) groups excluding carboxylic acids is 1. The van der Waals surface area contributed by atoms with Crippen molar-refractivity contribution in [2.24, 2.45) is 0 Å². The molecule has 3 N–H and O–H groups in total. The van der Waals surface area contributed by atoms with Gasteiger partial charge in [0.25, 0.3) is 0 Å². The highest BCUT2D eigenvalue weighted by molar-refractivity contribution is 6.01. The van der Waals surface area contributed by atoms with Gasteiger partial charge in [-0.25, -0.2) is 0 Å². The summed E-state index contributed by atoms with van der Waals surface area (Å²) >= 11 is 0. The number of anilines is 4. The van der Waals surface area contributed by atoms with Crippen molar-refractivity contribution in [1.29, 1.82) is 0 Å². The van der Waals surface area contributed by atoms with E-state index in [0.29, 0.717) is 6.42 Å². The summed E-state index contributed by atoms with van der Waals surface area (Å²) in [5.41, 5.74) is 11.7. The Morgan fingerprint density at radius 2 is 2.00 bits per heavy atom. The number of benzene rings is 2.